The molecule has 0 saturated carbocycles. The van der Waals surface area contributed by atoms with Crippen molar-refractivity contribution in [1.82, 2.24) is 4.98 Å². The van der Waals surface area contributed by atoms with Crippen LogP contribution in [0.2, 0.25) is 0 Å². The zero-order valence-electron chi connectivity index (χ0n) is 9.97. The molecule has 3 nitrogen and oxygen atoms in total. The average Bonchev–Trinajstić information content (AvgIpc) is 2.44. The Balaban J connectivity index is 2.01. The lowest BCUT2D eigenvalue weighted by Crippen LogP contribution is -1.96. The summed E-state index contributed by atoms with van der Waals surface area (Å²) in [6, 6.07) is 11.9. The Hall–Kier alpha value is -2.31. The van der Waals surface area contributed by atoms with E-state index in [0.717, 1.165) is 11.1 Å². The highest BCUT2D eigenvalue weighted by Crippen LogP contribution is 2.12. The molecule has 0 bridgehead atoms. The lowest BCUT2D eigenvalue weighted by molar-refractivity contribution is 0.305. The summed E-state index contributed by atoms with van der Waals surface area (Å²) >= 11 is 0. The Morgan fingerprint density at radius 1 is 1.17 bits per heavy atom. The van der Waals surface area contributed by atoms with Gasteiger partial charge in [-0.05, 0) is 11.6 Å². The topological polar surface area (TPSA) is 48.1 Å². The first kappa shape index (κ1) is 12.2. The number of benzene rings is 1. The maximum Gasteiger partial charge on any atom is 0.139 e. The highest BCUT2D eigenvalue weighted by atomic mass is 16.5. The molecule has 0 aliphatic heterocycles. The Bertz CT molecular complexity index is 555. The maximum atomic E-state index is 5.65. The molecule has 0 fully saturated rings. The van der Waals surface area contributed by atoms with Crippen LogP contribution in [0.15, 0.2) is 48.8 Å². The molecule has 0 saturated heterocycles. The molecule has 1 heterocycles. The molecule has 0 spiro atoms. The number of hydrogen-bond donors (Lipinski definition) is 1. The third kappa shape index (κ3) is 3.62. The average molecular weight is 238 g/mol. The van der Waals surface area contributed by atoms with E-state index in [-0.39, 0.29) is 0 Å². The maximum absolute atomic E-state index is 5.65. The van der Waals surface area contributed by atoms with Crippen molar-refractivity contribution in [3.63, 3.8) is 0 Å². The number of pyridine rings is 1. The van der Waals surface area contributed by atoms with E-state index >= 15 is 0 Å². The summed E-state index contributed by atoms with van der Waals surface area (Å²) in [5.41, 5.74) is 7.26. The molecular formula is C15H14N2O. The van der Waals surface area contributed by atoms with E-state index in [1.807, 2.05) is 36.4 Å². The molecule has 0 aliphatic rings. The minimum absolute atomic E-state index is 0.342. The van der Waals surface area contributed by atoms with Crippen LogP contribution in [0.5, 0.6) is 5.75 Å². The molecule has 1 aromatic heterocycles. The second-order valence-corrected chi connectivity index (χ2v) is 3.69. The first-order chi connectivity index (χ1) is 8.88. The van der Waals surface area contributed by atoms with Crippen LogP contribution in [0.3, 0.4) is 0 Å². The normalized spacial score (nSPS) is 9.39. The molecule has 3 heteroatoms. The second-order valence-electron chi connectivity index (χ2n) is 3.69. The summed E-state index contributed by atoms with van der Waals surface area (Å²) < 4.78 is 5.65. The number of ether oxygens (including phenoxy) is 1. The summed E-state index contributed by atoms with van der Waals surface area (Å²) in [5.74, 6) is 6.42. The number of aromatic nitrogens is 1. The molecule has 0 aliphatic carbocycles. The van der Waals surface area contributed by atoms with E-state index in [9.17, 15) is 0 Å². The Kier molecular flexibility index (Phi) is 4.34. The molecule has 0 atom stereocenters. The van der Waals surface area contributed by atoms with Gasteiger partial charge in [0.2, 0.25) is 0 Å². The molecule has 1 aromatic carbocycles. The molecule has 0 amide bonds. The SMILES string of the molecule is NCC#Cc1cncc(OCc2ccccc2)c1. The van der Waals surface area contributed by atoms with E-state index in [1.165, 1.54) is 0 Å². The molecular weight excluding hydrogens is 224 g/mol. The van der Waals surface area contributed by atoms with Gasteiger partial charge < -0.3 is 10.5 Å². The van der Waals surface area contributed by atoms with Crippen molar-refractivity contribution in [2.45, 2.75) is 6.61 Å². The van der Waals surface area contributed by atoms with Crippen molar-refractivity contribution < 1.29 is 4.74 Å². The van der Waals surface area contributed by atoms with Gasteiger partial charge in [-0.15, -0.1) is 0 Å². The summed E-state index contributed by atoms with van der Waals surface area (Å²) in [5, 5.41) is 0. The van der Waals surface area contributed by atoms with Crippen LogP contribution < -0.4 is 10.5 Å². The summed E-state index contributed by atoms with van der Waals surface area (Å²) in [6.45, 7) is 0.866. The molecule has 18 heavy (non-hydrogen) atoms. The fourth-order valence-corrected chi connectivity index (χ4v) is 1.46. The predicted molar refractivity (Wildman–Crippen MR) is 70.9 cm³/mol. The van der Waals surface area contributed by atoms with Gasteiger partial charge in [-0.25, -0.2) is 0 Å². The summed E-state index contributed by atoms with van der Waals surface area (Å²) in [7, 11) is 0. The molecule has 90 valence electrons. The van der Waals surface area contributed by atoms with Gasteiger partial charge in [-0.3, -0.25) is 4.98 Å². The third-order valence-electron chi connectivity index (χ3n) is 2.30. The highest BCUT2D eigenvalue weighted by Gasteiger charge is 1.97. The molecule has 0 radical (unpaired) electrons. The quantitative estimate of drug-likeness (QED) is 0.832. The van der Waals surface area contributed by atoms with Crippen molar-refractivity contribution >= 4 is 0 Å². The van der Waals surface area contributed by atoms with Gasteiger partial charge in [0.25, 0.3) is 0 Å². The van der Waals surface area contributed by atoms with Gasteiger partial charge in [0.15, 0.2) is 0 Å². The van der Waals surface area contributed by atoms with Crippen molar-refractivity contribution in [3.05, 3.63) is 59.9 Å². The molecule has 2 aromatic rings. The van der Waals surface area contributed by atoms with Gasteiger partial charge in [-0.2, -0.15) is 0 Å². The standard InChI is InChI=1S/C15H14N2O/c16-8-4-7-14-9-15(11-17-10-14)18-12-13-5-2-1-3-6-13/h1-3,5-6,9-11H,8,12,16H2. The number of nitrogens with two attached hydrogens (primary N) is 1. The van der Waals surface area contributed by atoms with E-state index in [0.29, 0.717) is 18.9 Å². The molecule has 2 N–H and O–H groups in total. The zero-order chi connectivity index (χ0) is 12.6. The van der Waals surface area contributed by atoms with Crippen LogP contribution in [0.4, 0.5) is 0 Å². The first-order valence-corrected chi connectivity index (χ1v) is 5.69. The van der Waals surface area contributed by atoms with Crippen molar-refractivity contribution in [3.8, 4) is 17.6 Å². The first-order valence-electron chi connectivity index (χ1n) is 5.69. The van der Waals surface area contributed by atoms with Crippen molar-refractivity contribution in [1.29, 1.82) is 0 Å². The van der Waals surface area contributed by atoms with Crippen LogP contribution in [0, 0.1) is 11.8 Å². The smallest absolute Gasteiger partial charge is 0.139 e. The Labute approximate surface area is 107 Å². The van der Waals surface area contributed by atoms with Gasteiger partial charge >= 0.3 is 0 Å². The van der Waals surface area contributed by atoms with Crippen LogP contribution in [0.25, 0.3) is 0 Å². The third-order valence-corrected chi connectivity index (χ3v) is 2.30. The molecule has 0 unspecified atom stereocenters. The monoisotopic (exact) mass is 238 g/mol. The fraction of sp³-hybridized carbons (Fsp3) is 0.133. The largest absolute Gasteiger partial charge is 0.487 e. The zero-order valence-corrected chi connectivity index (χ0v) is 9.97. The number of rotatable bonds is 3. The molecule has 2 rings (SSSR count). The van der Waals surface area contributed by atoms with Gasteiger partial charge in [0, 0.05) is 11.8 Å². The minimum Gasteiger partial charge on any atom is -0.487 e. The lowest BCUT2D eigenvalue weighted by atomic mass is 10.2. The van der Waals surface area contributed by atoms with Crippen LogP contribution >= 0.6 is 0 Å². The van der Waals surface area contributed by atoms with Crippen LogP contribution in [-0.2, 0) is 6.61 Å². The predicted octanol–water partition coefficient (Wildman–Crippen LogP) is 1.97. The Morgan fingerprint density at radius 3 is 2.78 bits per heavy atom. The number of hydrogen-bond acceptors (Lipinski definition) is 3. The van der Waals surface area contributed by atoms with Crippen molar-refractivity contribution in [2.75, 3.05) is 6.54 Å². The second kappa shape index (κ2) is 6.43. The van der Waals surface area contributed by atoms with E-state index < -0.39 is 0 Å². The van der Waals surface area contributed by atoms with E-state index in [4.69, 9.17) is 10.5 Å². The summed E-state index contributed by atoms with van der Waals surface area (Å²) in [6.07, 6.45) is 3.37. The highest BCUT2D eigenvalue weighted by molar-refractivity contribution is 5.37. The Morgan fingerprint density at radius 2 is 2.00 bits per heavy atom. The van der Waals surface area contributed by atoms with Crippen molar-refractivity contribution in [2.24, 2.45) is 5.73 Å². The van der Waals surface area contributed by atoms with Crippen LogP contribution in [-0.4, -0.2) is 11.5 Å². The van der Waals surface area contributed by atoms with Gasteiger partial charge in [-0.1, -0.05) is 42.2 Å². The van der Waals surface area contributed by atoms with Crippen LogP contribution in [0.1, 0.15) is 11.1 Å². The van der Waals surface area contributed by atoms with E-state index in [2.05, 4.69) is 16.8 Å². The summed E-state index contributed by atoms with van der Waals surface area (Å²) in [4.78, 5) is 4.08. The van der Waals surface area contributed by atoms with Gasteiger partial charge in [0.1, 0.15) is 12.4 Å². The lowest BCUT2D eigenvalue weighted by Gasteiger charge is -2.05. The van der Waals surface area contributed by atoms with E-state index in [1.54, 1.807) is 12.4 Å². The minimum atomic E-state index is 0.342. The fourth-order valence-electron chi connectivity index (χ4n) is 1.46. The number of nitrogens with zero attached hydrogens (tertiary/aromatic N) is 1. The van der Waals surface area contributed by atoms with Gasteiger partial charge in [0.05, 0.1) is 12.7 Å².